The average molecular weight is 2110 g/mol. The Labute approximate surface area is 789 Å². The van der Waals surface area contributed by atoms with Gasteiger partial charge in [0.2, 0.25) is 14.4 Å². The number of para-hydroxylation sites is 5. The van der Waals surface area contributed by atoms with Crippen molar-refractivity contribution in [3.05, 3.63) is 97.1 Å². The maximum absolute atomic E-state index is 12.5. The van der Waals surface area contributed by atoms with Crippen molar-refractivity contribution < 1.29 is 190 Å². The Bertz CT molecular complexity index is 5440. The molecule has 4 heterocycles. The number of ether oxygens (including phenoxy) is 18. The van der Waals surface area contributed by atoms with Gasteiger partial charge in [0, 0.05) is 70.9 Å². The third kappa shape index (κ3) is 51.7. The number of carbonyl (C=O) groups is 8. The predicted molar refractivity (Wildman–Crippen MR) is 476 cm³/mol. The highest BCUT2D eigenvalue weighted by Crippen LogP contribution is 2.22. The number of esters is 2. The second-order valence-corrected chi connectivity index (χ2v) is 49.7. The van der Waals surface area contributed by atoms with Crippen LogP contribution < -0.4 is 40.6 Å². The second-order valence-electron chi connectivity index (χ2n) is 26.3. The highest BCUT2D eigenvalue weighted by molar-refractivity contribution is 8.73. The minimum Gasteiger partial charge on any atom is -0.438 e. The number of benzene rings is 4. The molecule has 0 saturated heterocycles. The molecule has 65 heteroatoms. The lowest BCUT2D eigenvalue weighted by atomic mass is 10.3. The van der Waals surface area contributed by atoms with Crippen LogP contribution in [0, 0.1) is 0 Å². The van der Waals surface area contributed by atoms with Gasteiger partial charge in [-0.2, -0.15) is 9.63 Å². The molecule has 0 fully saturated rings. The van der Waals surface area contributed by atoms with Gasteiger partial charge in [-0.05, 0) is 144 Å². The molecule has 55 nitrogen and oxygen atoms in total. The van der Waals surface area contributed by atoms with E-state index in [4.69, 9.17) is 110 Å². The zero-order valence-electron chi connectivity index (χ0n) is 72.2. The molecule has 0 aliphatic rings. The molecule has 5 N–H and O–H groups in total. The summed E-state index contributed by atoms with van der Waals surface area (Å²) in [4.78, 5) is 122. The molecule has 0 aliphatic carbocycles. The van der Waals surface area contributed by atoms with Crippen molar-refractivity contribution in [3.8, 4) is 0 Å². The molecular weight excluding hydrogens is 2010 g/mol. The third-order valence-corrected chi connectivity index (χ3v) is 28.1. The molecular formula is C70H100N15O40S10+. The zero-order chi connectivity index (χ0) is 98.1. The SMILES string of the molecule is C.CC(CC(=O)OCOCC(COCC(COCOC(=O)CCCSS(C)(=O)=O)OCOC(=O)NCCSS(C)(=O)=O)OCOC(=O)NC(C)SS(C)(=O)=O)SS(C)(=O)=O.CC(N)SS(C)(=O)=O.O=C(OCOCC(COCC(COCOC(=O)O[n+]1[nH]nc2ccccc21)OCOC(=O)On1nnc2ccccc21)OCOC(=O)On1nnc2ccccc21)On1nnc2ccccc21. The Morgan fingerprint density at radius 2 is 0.785 bits per heavy atom. The maximum Gasteiger partial charge on any atom is 0.555 e. The molecule has 0 bridgehead atoms. The molecule has 8 rings (SSSR count). The summed E-state index contributed by atoms with van der Waals surface area (Å²) in [5.74, 6) is -1.16. The number of alkyl carbamates (subject to hydrolysis) is 2. The van der Waals surface area contributed by atoms with Crippen molar-refractivity contribution >= 4 is 191 Å². The summed E-state index contributed by atoms with van der Waals surface area (Å²) in [6, 6.07) is 27.0. The van der Waals surface area contributed by atoms with Crippen molar-refractivity contribution in [3.63, 3.8) is 0 Å². The number of hydrogen-bond donors (Lipinski definition) is 4. The minimum absolute atomic E-state index is 0. The van der Waals surface area contributed by atoms with Crippen LogP contribution in [0.1, 0.15) is 47.5 Å². The van der Waals surface area contributed by atoms with Gasteiger partial charge >= 0.3 is 48.7 Å². The van der Waals surface area contributed by atoms with E-state index in [-0.39, 0.29) is 103 Å². The van der Waals surface area contributed by atoms with E-state index in [9.17, 15) is 80.4 Å². The van der Waals surface area contributed by atoms with Gasteiger partial charge in [-0.25, -0.2) is 66.1 Å². The van der Waals surface area contributed by atoms with Crippen LogP contribution in [0.2, 0.25) is 0 Å². The lowest BCUT2D eigenvalue weighted by Gasteiger charge is -2.21. The number of nitrogens with one attached hydrogen (secondary N) is 3. The van der Waals surface area contributed by atoms with E-state index < -0.39 is 182 Å². The Balaban J connectivity index is 0.000000442. The van der Waals surface area contributed by atoms with Crippen LogP contribution in [0.15, 0.2) is 97.1 Å². The van der Waals surface area contributed by atoms with Crippen molar-refractivity contribution in [1.82, 2.24) is 66.4 Å². The zero-order valence-corrected chi connectivity index (χ0v) is 80.4. The summed E-state index contributed by atoms with van der Waals surface area (Å²) in [7, 11) is -13.2. The Kier molecular flexibility index (Phi) is 51.9. The molecule has 4 aromatic carbocycles. The number of aromatic amines is 1. The lowest BCUT2D eigenvalue weighted by Crippen LogP contribution is -2.48. The number of amides is 2. The lowest BCUT2D eigenvalue weighted by molar-refractivity contribution is -0.896. The molecule has 2 amide bonds. The number of rotatable bonds is 58. The van der Waals surface area contributed by atoms with E-state index in [1.807, 2.05) is 0 Å². The first-order valence-corrected chi connectivity index (χ1v) is 55.0. The van der Waals surface area contributed by atoms with Crippen LogP contribution in [0.5, 0.6) is 0 Å². The summed E-state index contributed by atoms with van der Waals surface area (Å²) in [5, 5.41) is 32.3. The standard InChI is InChI=1S/C38H34N12O17.C28H52N2O21S8.C3H9NO2S2.CH4/c51-35(64-47-31-13-5-1-9-27(31)39-43-47)60-21-56-19-25(58-23-62-37(53)66-49-33-15-7-3-11-29(33)41-45-49)17-55-18-26(59-24-63-38(54)67-50-34-16-8-4-12-30(34)42-46-50)20-57-22-61-36(52)65-48-32-14-6-2-10-28(32)40-44-48;1-21(54-58(5,39)40)12-26(32)49-18-45-16-24(47-20-51-28(34)30-22(2)55-59(6,41)42)14-43-13-23(46-19-50-27(33)29-9-11-53-57(4,37)38)15-44-17-48-25(31)8-7-10-52-56(3,35)36;1-3(4)7-8(2,5)6;/h1-16,25-26H,17-24H2;21-24H,7-20H2,1-6H3,(H,29,33)(H,30,34);3H,4H2,1-2H3;1H4/p+1. The summed E-state index contributed by atoms with van der Waals surface area (Å²) < 4.78 is 207. The first-order chi connectivity index (χ1) is 63.5. The number of nitrogens with zero attached hydrogens (tertiary/aromatic N) is 11. The highest BCUT2D eigenvalue weighted by Gasteiger charge is 2.26. The smallest absolute Gasteiger partial charge is 0.438 e. The Morgan fingerprint density at radius 1 is 0.422 bits per heavy atom. The monoisotopic (exact) mass is 2110 g/mol. The highest BCUT2D eigenvalue weighted by atomic mass is 33.2. The van der Waals surface area contributed by atoms with Gasteiger partial charge in [0.05, 0.1) is 70.0 Å². The molecule has 7 atom stereocenters. The number of H-pyrrole nitrogens is 1. The van der Waals surface area contributed by atoms with Gasteiger partial charge in [0.25, 0.3) is 5.52 Å². The van der Waals surface area contributed by atoms with Gasteiger partial charge in [-0.15, -0.1) is 15.3 Å². The molecule has 0 aliphatic heterocycles. The van der Waals surface area contributed by atoms with Crippen molar-refractivity contribution in [2.75, 3.05) is 157 Å². The molecule has 0 radical (unpaired) electrons. The van der Waals surface area contributed by atoms with Crippen LogP contribution >= 0.6 is 54.0 Å². The van der Waals surface area contributed by atoms with Crippen LogP contribution in [0.4, 0.5) is 28.8 Å². The van der Waals surface area contributed by atoms with Gasteiger partial charge in [-0.3, -0.25) is 24.1 Å². The number of hydrogen-bond acceptors (Lipinski definition) is 53. The quantitative estimate of drug-likeness (QED) is 0.00809. The maximum atomic E-state index is 12.5. The summed E-state index contributed by atoms with van der Waals surface area (Å²) in [5.41, 5.74) is 8.78. The van der Waals surface area contributed by atoms with E-state index in [1.165, 1.54) is 13.8 Å². The Morgan fingerprint density at radius 3 is 1.20 bits per heavy atom. The number of nitrogens with two attached hydrogens (primary N) is 1. The van der Waals surface area contributed by atoms with Crippen molar-refractivity contribution in [2.45, 2.75) is 87.9 Å². The Hall–Kier alpha value is -9.90. The van der Waals surface area contributed by atoms with E-state index in [0.29, 0.717) is 87.3 Å². The van der Waals surface area contributed by atoms with E-state index in [2.05, 4.69) is 51.9 Å². The average Bonchev–Trinajstić information content (AvgIpc) is 1.71. The topological polar surface area (TPSA) is 685 Å². The summed E-state index contributed by atoms with van der Waals surface area (Å²) in [6.45, 7) is -2.77. The molecule has 8 aromatic rings. The molecule has 754 valence electrons. The first-order valence-electron chi connectivity index (χ1n) is 38.3. The van der Waals surface area contributed by atoms with Gasteiger partial charge < -0.3 is 102 Å². The van der Waals surface area contributed by atoms with Gasteiger partial charge in [0.15, 0.2) is 89.8 Å². The van der Waals surface area contributed by atoms with E-state index in [0.717, 1.165) is 61.5 Å². The normalized spacial score (nSPS) is 13.3. The molecule has 0 saturated carbocycles. The molecule has 0 spiro atoms. The van der Waals surface area contributed by atoms with Gasteiger partial charge in [-0.1, -0.05) is 77.4 Å². The third-order valence-electron chi connectivity index (χ3n) is 14.7. The van der Waals surface area contributed by atoms with Crippen molar-refractivity contribution in [2.24, 2.45) is 5.73 Å². The number of carbonyl (C=O) groups excluding carboxylic acids is 8. The van der Waals surface area contributed by atoms with Crippen LogP contribution in [0.3, 0.4) is 0 Å². The molecule has 7 unspecified atom stereocenters. The second kappa shape index (κ2) is 60.6. The van der Waals surface area contributed by atoms with E-state index in [1.54, 1.807) is 104 Å². The summed E-state index contributed by atoms with van der Waals surface area (Å²) >= 11 is 0. The van der Waals surface area contributed by atoms with Crippen LogP contribution in [0.25, 0.3) is 44.1 Å². The fourth-order valence-electron chi connectivity index (χ4n) is 9.46. The fraction of sp³-hybridized carbons (Fsp3) is 0.543. The number of aromatic nitrogens is 12. The predicted octanol–water partition coefficient (Wildman–Crippen LogP) is 2.57. The van der Waals surface area contributed by atoms with E-state index >= 15 is 0 Å². The van der Waals surface area contributed by atoms with Crippen molar-refractivity contribution in [1.29, 1.82) is 0 Å². The van der Waals surface area contributed by atoms with Gasteiger partial charge in [0.1, 0.15) is 57.5 Å². The molecule has 4 aromatic heterocycles. The summed E-state index contributed by atoms with van der Waals surface area (Å²) in [6.07, 6.45) is -5.55. The largest absolute Gasteiger partial charge is 0.555 e. The molecule has 135 heavy (non-hydrogen) atoms. The minimum atomic E-state index is -3.48. The van der Waals surface area contributed by atoms with Crippen LogP contribution in [-0.2, 0) is 139 Å². The fourth-order valence-corrected chi connectivity index (χ4v) is 20.3. The van der Waals surface area contributed by atoms with Crippen LogP contribution in [-0.4, -0.2) is 344 Å². The number of fused-ring (bicyclic) bond motifs is 4. The first kappa shape index (κ1) is 116.